The van der Waals surface area contributed by atoms with Gasteiger partial charge in [-0.05, 0) is 78.5 Å². The van der Waals surface area contributed by atoms with Gasteiger partial charge in [0.1, 0.15) is 6.04 Å². The number of ketones is 1. The summed E-state index contributed by atoms with van der Waals surface area (Å²) in [4.78, 5) is 26.0. The molecular weight excluding hydrogens is 442 g/mol. The van der Waals surface area contributed by atoms with E-state index < -0.39 is 6.04 Å². The fourth-order valence-corrected chi connectivity index (χ4v) is 5.04. The Hall–Kier alpha value is -3.35. The van der Waals surface area contributed by atoms with Crippen molar-refractivity contribution in [3.05, 3.63) is 105 Å². The summed E-state index contributed by atoms with van der Waals surface area (Å²) in [5.41, 5.74) is 4.68. The van der Waals surface area contributed by atoms with Gasteiger partial charge in [-0.3, -0.25) is 9.59 Å². The molecule has 0 fully saturated rings. The van der Waals surface area contributed by atoms with E-state index in [1.807, 2.05) is 30.6 Å². The van der Waals surface area contributed by atoms with Crippen LogP contribution in [0.15, 0.2) is 72.2 Å². The molecule has 1 aliphatic heterocycles. The molecule has 5 rings (SSSR count). The van der Waals surface area contributed by atoms with E-state index in [9.17, 15) is 9.59 Å². The van der Waals surface area contributed by atoms with Crippen LogP contribution in [0.5, 0.6) is 0 Å². The largest absolute Gasteiger partial charge is 0.362 e. The van der Waals surface area contributed by atoms with E-state index in [2.05, 4.69) is 21.3 Å². The van der Waals surface area contributed by atoms with E-state index in [0.29, 0.717) is 21.8 Å². The Kier molecular flexibility index (Phi) is 5.33. The highest BCUT2D eigenvalue weighted by molar-refractivity contribution is 7.14. The monoisotopic (exact) mass is 461 g/mol. The van der Waals surface area contributed by atoms with Gasteiger partial charge in [-0.25, -0.2) is 0 Å². The van der Waals surface area contributed by atoms with Gasteiger partial charge in [0, 0.05) is 39.3 Å². The molecule has 2 N–H and O–H groups in total. The third kappa shape index (κ3) is 3.83. The predicted molar refractivity (Wildman–Crippen MR) is 129 cm³/mol. The van der Waals surface area contributed by atoms with Crippen molar-refractivity contribution in [1.82, 2.24) is 4.57 Å². The molecule has 7 heteroatoms. The minimum absolute atomic E-state index is 0.0161. The average Bonchev–Trinajstić information content (AvgIpc) is 3.39. The predicted octanol–water partition coefficient (Wildman–Crippen LogP) is 6.16. The smallest absolute Gasteiger partial charge is 0.255 e. The van der Waals surface area contributed by atoms with Crippen molar-refractivity contribution in [1.29, 1.82) is 0 Å². The van der Waals surface area contributed by atoms with E-state index in [1.54, 1.807) is 53.8 Å². The second-order valence-electron chi connectivity index (χ2n) is 7.77. The molecule has 0 spiro atoms. The number of amides is 1. The van der Waals surface area contributed by atoms with Crippen LogP contribution in [-0.2, 0) is 6.54 Å². The van der Waals surface area contributed by atoms with Crippen molar-refractivity contribution in [2.75, 3.05) is 10.6 Å². The van der Waals surface area contributed by atoms with Crippen LogP contribution < -0.4 is 10.6 Å². The summed E-state index contributed by atoms with van der Waals surface area (Å²) in [5.74, 6) is -0.232. The molecule has 0 radical (unpaired) electrons. The van der Waals surface area contributed by atoms with Gasteiger partial charge in [0.25, 0.3) is 5.91 Å². The topological polar surface area (TPSA) is 63.1 Å². The van der Waals surface area contributed by atoms with Crippen molar-refractivity contribution in [3.63, 3.8) is 0 Å². The molecule has 1 unspecified atom stereocenters. The van der Waals surface area contributed by atoms with Crippen LogP contribution in [-0.4, -0.2) is 16.3 Å². The van der Waals surface area contributed by atoms with Gasteiger partial charge in [-0.2, -0.15) is 0 Å². The summed E-state index contributed by atoms with van der Waals surface area (Å²) in [6, 6.07) is 17.7. The number of thiophene rings is 1. The zero-order valence-corrected chi connectivity index (χ0v) is 18.8. The molecule has 4 aromatic rings. The molecule has 1 aliphatic rings. The summed E-state index contributed by atoms with van der Waals surface area (Å²) in [6.07, 6.45) is 2.00. The second-order valence-corrected chi connectivity index (χ2v) is 9.12. The Morgan fingerprint density at radius 3 is 2.72 bits per heavy atom. The highest BCUT2D eigenvalue weighted by Gasteiger charge is 2.28. The summed E-state index contributed by atoms with van der Waals surface area (Å²) in [5, 5.41) is 9.96. The molecular formula is C25H20ClN3O2S. The van der Waals surface area contributed by atoms with E-state index in [1.165, 1.54) is 5.56 Å². The molecule has 160 valence electrons. The highest BCUT2D eigenvalue weighted by Crippen LogP contribution is 2.34. The molecule has 32 heavy (non-hydrogen) atoms. The van der Waals surface area contributed by atoms with Gasteiger partial charge >= 0.3 is 0 Å². The van der Waals surface area contributed by atoms with Crippen molar-refractivity contribution >= 4 is 45.3 Å². The van der Waals surface area contributed by atoms with Crippen molar-refractivity contribution < 1.29 is 9.59 Å². The average molecular weight is 462 g/mol. The number of benzene rings is 2. The number of aryl methyl sites for hydroxylation is 1. The first-order valence-electron chi connectivity index (χ1n) is 10.2. The summed E-state index contributed by atoms with van der Waals surface area (Å²) < 4.78 is 2.11. The molecule has 0 bridgehead atoms. The molecule has 0 saturated heterocycles. The van der Waals surface area contributed by atoms with Crippen LogP contribution in [0, 0.1) is 6.92 Å². The Labute approximate surface area is 194 Å². The first-order chi connectivity index (χ1) is 15.5. The molecule has 3 heterocycles. The number of hydrogen-bond donors (Lipinski definition) is 2. The summed E-state index contributed by atoms with van der Waals surface area (Å²) >= 11 is 7.59. The van der Waals surface area contributed by atoms with E-state index in [4.69, 9.17) is 11.6 Å². The van der Waals surface area contributed by atoms with Crippen LogP contribution >= 0.6 is 22.9 Å². The Morgan fingerprint density at radius 1 is 1.12 bits per heavy atom. The lowest BCUT2D eigenvalue weighted by atomic mass is 10.0. The van der Waals surface area contributed by atoms with Crippen LogP contribution in [0.4, 0.5) is 10.7 Å². The number of hydrogen-bond acceptors (Lipinski definition) is 4. The number of anilines is 2. The Morgan fingerprint density at radius 2 is 1.94 bits per heavy atom. The van der Waals surface area contributed by atoms with Crippen LogP contribution in [0.3, 0.4) is 0 Å². The minimum Gasteiger partial charge on any atom is -0.362 e. The molecule has 5 nitrogen and oxygen atoms in total. The second kappa shape index (κ2) is 8.30. The normalized spacial score (nSPS) is 14.6. The van der Waals surface area contributed by atoms with E-state index >= 15 is 0 Å². The van der Waals surface area contributed by atoms with Crippen LogP contribution in [0.1, 0.15) is 43.6 Å². The third-order valence-corrected chi connectivity index (χ3v) is 6.77. The van der Waals surface area contributed by atoms with Crippen LogP contribution in [0.25, 0.3) is 0 Å². The molecule has 2 aromatic carbocycles. The lowest BCUT2D eigenvalue weighted by Gasteiger charge is -2.17. The fourth-order valence-electron chi connectivity index (χ4n) is 3.97. The molecule has 0 saturated carbocycles. The SMILES string of the molecule is Cc1cc(Cl)ccc1C(=O)Nc1ccc(C(=O)C2Nc3sccc3Cn3cccc32)cc1. The highest BCUT2D eigenvalue weighted by atomic mass is 35.5. The lowest BCUT2D eigenvalue weighted by Crippen LogP contribution is -2.22. The third-order valence-electron chi connectivity index (χ3n) is 5.65. The van der Waals surface area contributed by atoms with Gasteiger partial charge in [0.2, 0.25) is 0 Å². The maximum Gasteiger partial charge on any atom is 0.255 e. The van der Waals surface area contributed by atoms with Crippen molar-refractivity contribution in [2.24, 2.45) is 0 Å². The fraction of sp³-hybridized carbons (Fsp3) is 0.120. The first-order valence-corrected chi connectivity index (χ1v) is 11.4. The maximum absolute atomic E-state index is 13.4. The molecule has 2 aromatic heterocycles. The number of nitrogens with zero attached hydrogens (tertiary/aromatic N) is 1. The van der Waals surface area contributed by atoms with Gasteiger partial charge in [0.15, 0.2) is 5.78 Å². The van der Waals surface area contributed by atoms with Crippen LogP contribution in [0.2, 0.25) is 5.02 Å². The van der Waals surface area contributed by atoms with E-state index in [-0.39, 0.29) is 11.7 Å². The molecule has 1 atom stereocenters. The van der Waals surface area contributed by atoms with Crippen molar-refractivity contribution in [3.8, 4) is 0 Å². The zero-order valence-electron chi connectivity index (χ0n) is 17.3. The quantitative estimate of drug-likeness (QED) is 0.357. The minimum atomic E-state index is -0.470. The number of fused-ring (bicyclic) bond motifs is 2. The van der Waals surface area contributed by atoms with E-state index in [0.717, 1.165) is 22.8 Å². The van der Waals surface area contributed by atoms with Gasteiger partial charge in [-0.1, -0.05) is 11.6 Å². The summed E-state index contributed by atoms with van der Waals surface area (Å²) in [6.45, 7) is 2.59. The molecule has 1 amide bonds. The number of nitrogens with one attached hydrogen (secondary N) is 2. The number of halogens is 1. The Bertz CT molecular complexity index is 1320. The number of Topliss-reactive ketones (excluding diaryl/α,β-unsaturated/α-hetero) is 1. The standard InChI is InChI=1S/C25H20ClN3O2S/c1-15-13-18(26)6-9-20(15)24(31)27-19-7-4-16(5-8-19)23(30)22-21-3-2-11-29(21)14-17-10-12-32-25(17)28-22/h2-13,22,28H,14H2,1H3,(H,27,31). The lowest BCUT2D eigenvalue weighted by molar-refractivity contribution is 0.0966. The zero-order chi connectivity index (χ0) is 22.2. The van der Waals surface area contributed by atoms with Gasteiger partial charge in [0.05, 0.1) is 11.5 Å². The number of aromatic nitrogens is 1. The maximum atomic E-state index is 13.4. The molecule has 0 aliphatic carbocycles. The Balaban J connectivity index is 1.36. The number of carbonyl (C=O) groups is 2. The van der Waals surface area contributed by atoms with Crippen molar-refractivity contribution in [2.45, 2.75) is 19.5 Å². The van der Waals surface area contributed by atoms with Gasteiger partial charge < -0.3 is 15.2 Å². The van der Waals surface area contributed by atoms with Gasteiger partial charge in [-0.15, -0.1) is 11.3 Å². The first kappa shape index (κ1) is 20.5. The summed E-state index contributed by atoms with van der Waals surface area (Å²) in [7, 11) is 0. The number of rotatable bonds is 4. The number of carbonyl (C=O) groups excluding carboxylic acids is 2.